The van der Waals surface area contributed by atoms with E-state index in [-0.39, 0.29) is 11.8 Å². The highest BCUT2D eigenvalue weighted by Crippen LogP contribution is 2.25. The average Bonchev–Trinajstić information content (AvgIpc) is 3.49. The van der Waals surface area contributed by atoms with E-state index in [0.29, 0.717) is 23.5 Å². The predicted molar refractivity (Wildman–Crippen MR) is 123 cm³/mol. The topological polar surface area (TPSA) is 78.1 Å². The number of carbonyl (C=O) groups is 2. The van der Waals surface area contributed by atoms with Gasteiger partial charge in [-0.05, 0) is 67.1 Å². The maximum Gasteiger partial charge on any atom is 0.264 e. The third-order valence-corrected chi connectivity index (χ3v) is 6.47. The van der Waals surface area contributed by atoms with E-state index in [1.165, 1.54) is 11.3 Å². The number of rotatable bonds is 4. The minimum absolute atomic E-state index is 0.0601. The number of piperidine rings is 1. The molecule has 2 aromatic heterocycles. The Morgan fingerprint density at radius 2 is 1.87 bits per heavy atom. The van der Waals surface area contributed by atoms with E-state index >= 15 is 0 Å². The van der Waals surface area contributed by atoms with Crippen LogP contribution in [0.3, 0.4) is 0 Å². The molecular weight excluding hydrogens is 408 g/mol. The van der Waals surface area contributed by atoms with Gasteiger partial charge in [0.15, 0.2) is 0 Å². The zero-order valence-corrected chi connectivity index (χ0v) is 17.7. The summed E-state index contributed by atoms with van der Waals surface area (Å²) in [5, 5.41) is 4.87. The number of thiophene rings is 1. The number of H-pyrrole nitrogens is 1. The standard InChI is InChI=1S/C24H22N4O2S/c29-23(20-8-3-4-14-28(20)24(30)21-9-5-15-31-21)25-17-12-10-16(11-13-17)22-26-18-6-1-2-7-19(18)27-22/h1-2,5-7,9-13,15,20H,3-4,8,14H2,(H,25,29)(H,26,27). The lowest BCUT2D eigenvalue weighted by Gasteiger charge is -2.34. The Balaban J connectivity index is 1.30. The van der Waals surface area contributed by atoms with Gasteiger partial charge in [-0.15, -0.1) is 11.3 Å². The SMILES string of the molecule is O=C(Nc1ccc(-c2nc3ccccc3[nH]2)cc1)C1CCCCN1C(=O)c1cccs1. The van der Waals surface area contributed by atoms with Crippen LogP contribution in [-0.2, 0) is 4.79 Å². The summed E-state index contributed by atoms with van der Waals surface area (Å²) in [6, 6.07) is 18.7. The van der Waals surface area contributed by atoms with Crippen LogP contribution in [-0.4, -0.2) is 39.3 Å². The van der Waals surface area contributed by atoms with Crippen LogP contribution in [0.15, 0.2) is 66.0 Å². The van der Waals surface area contributed by atoms with Gasteiger partial charge in [0.05, 0.1) is 15.9 Å². The van der Waals surface area contributed by atoms with Crippen molar-refractivity contribution in [3.63, 3.8) is 0 Å². The summed E-state index contributed by atoms with van der Waals surface area (Å²) >= 11 is 1.41. The van der Waals surface area contributed by atoms with Gasteiger partial charge < -0.3 is 15.2 Å². The van der Waals surface area contributed by atoms with E-state index in [1.54, 1.807) is 4.90 Å². The molecule has 0 spiro atoms. The van der Waals surface area contributed by atoms with Crippen molar-refractivity contribution >= 4 is 39.9 Å². The predicted octanol–water partition coefficient (Wildman–Crippen LogP) is 4.92. The first-order valence-electron chi connectivity index (χ1n) is 10.4. The van der Waals surface area contributed by atoms with Crippen molar-refractivity contribution in [3.8, 4) is 11.4 Å². The Morgan fingerprint density at radius 1 is 1.03 bits per heavy atom. The highest BCUT2D eigenvalue weighted by molar-refractivity contribution is 7.12. The number of anilines is 1. The van der Waals surface area contributed by atoms with Crippen molar-refractivity contribution < 1.29 is 9.59 Å². The van der Waals surface area contributed by atoms with Gasteiger partial charge in [0.25, 0.3) is 5.91 Å². The first-order valence-corrected chi connectivity index (χ1v) is 11.3. The van der Waals surface area contributed by atoms with Crippen LogP contribution in [0.4, 0.5) is 5.69 Å². The molecule has 0 aliphatic carbocycles. The number of amides is 2. The lowest BCUT2D eigenvalue weighted by molar-refractivity contribution is -0.121. The first-order chi connectivity index (χ1) is 15.2. The average molecular weight is 431 g/mol. The monoisotopic (exact) mass is 430 g/mol. The summed E-state index contributed by atoms with van der Waals surface area (Å²) in [7, 11) is 0. The van der Waals surface area contributed by atoms with Crippen LogP contribution in [0.2, 0.25) is 0 Å². The largest absolute Gasteiger partial charge is 0.338 e. The lowest BCUT2D eigenvalue weighted by Crippen LogP contribution is -2.49. The molecule has 3 heterocycles. The number of hydrogen-bond acceptors (Lipinski definition) is 4. The van der Waals surface area contributed by atoms with Gasteiger partial charge in [0, 0.05) is 17.8 Å². The summed E-state index contributed by atoms with van der Waals surface area (Å²) < 4.78 is 0. The normalized spacial score (nSPS) is 16.4. The molecule has 156 valence electrons. The number of benzene rings is 2. The third-order valence-electron chi connectivity index (χ3n) is 5.61. The zero-order valence-electron chi connectivity index (χ0n) is 16.9. The number of aromatic amines is 1. The number of fused-ring (bicyclic) bond motifs is 1. The molecular formula is C24H22N4O2S. The van der Waals surface area contributed by atoms with Crippen LogP contribution in [0, 0.1) is 0 Å². The van der Waals surface area contributed by atoms with Crippen LogP contribution < -0.4 is 5.32 Å². The van der Waals surface area contributed by atoms with Gasteiger partial charge in [0.1, 0.15) is 11.9 Å². The molecule has 5 rings (SSSR count). The van der Waals surface area contributed by atoms with E-state index in [9.17, 15) is 9.59 Å². The van der Waals surface area contributed by atoms with Gasteiger partial charge in [0.2, 0.25) is 5.91 Å². The molecule has 1 fully saturated rings. The molecule has 1 unspecified atom stereocenters. The Bertz CT molecular complexity index is 1180. The van der Waals surface area contributed by atoms with Crippen LogP contribution in [0.5, 0.6) is 0 Å². The molecule has 1 aliphatic heterocycles. The molecule has 6 nitrogen and oxygen atoms in total. The second-order valence-electron chi connectivity index (χ2n) is 7.66. The molecule has 31 heavy (non-hydrogen) atoms. The fourth-order valence-electron chi connectivity index (χ4n) is 4.02. The maximum atomic E-state index is 13.0. The van der Waals surface area contributed by atoms with E-state index in [0.717, 1.165) is 35.3 Å². The third kappa shape index (κ3) is 3.96. The second kappa shape index (κ2) is 8.35. The van der Waals surface area contributed by atoms with Crippen molar-refractivity contribution in [1.29, 1.82) is 0 Å². The molecule has 0 saturated carbocycles. The summed E-state index contributed by atoms with van der Waals surface area (Å²) in [4.78, 5) is 36.2. The molecule has 0 bridgehead atoms. The summed E-state index contributed by atoms with van der Waals surface area (Å²) in [6.07, 6.45) is 2.55. The fraction of sp³-hybridized carbons (Fsp3) is 0.208. The van der Waals surface area contributed by atoms with Crippen molar-refractivity contribution in [1.82, 2.24) is 14.9 Å². The number of aromatic nitrogens is 2. The quantitative estimate of drug-likeness (QED) is 0.482. The first kappa shape index (κ1) is 19.5. The molecule has 2 N–H and O–H groups in total. The highest BCUT2D eigenvalue weighted by atomic mass is 32.1. The minimum atomic E-state index is -0.446. The molecule has 2 amide bonds. The van der Waals surface area contributed by atoms with Crippen molar-refractivity contribution in [2.45, 2.75) is 25.3 Å². The van der Waals surface area contributed by atoms with Gasteiger partial charge in [-0.2, -0.15) is 0 Å². The summed E-state index contributed by atoms with van der Waals surface area (Å²) in [6.45, 7) is 0.611. The number of para-hydroxylation sites is 2. The van der Waals surface area contributed by atoms with Crippen LogP contribution >= 0.6 is 11.3 Å². The number of nitrogens with one attached hydrogen (secondary N) is 2. The number of likely N-dealkylation sites (tertiary alicyclic amines) is 1. The van der Waals surface area contributed by atoms with Gasteiger partial charge in [-0.25, -0.2) is 4.98 Å². The zero-order chi connectivity index (χ0) is 21.2. The van der Waals surface area contributed by atoms with Crippen molar-refractivity contribution in [2.24, 2.45) is 0 Å². The van der Waals surface area contributed by atoms with E-state index in [2.05, 4.69) is 15.3 Å². The number of carbonyl (C=O) groups excluding carboxylic acids is 2. The second-order valence-corrected chi connectivity index (χ2v) is 8.60. The number of hydrogen-bond donors (Lipinski definition) is 2. The molecule has 1 aliphatic rings. The lowest BCUT2D eigenvalue weighted by atomic mass is 10.0. The van der Waals surface area contributed by atoms with E-state index in [4.69, 9.17) is 0 Å². The molecule has 4 aromatic rings. The summed E-state index contributed by atoms with van der Waals surface area (Å²) in [5.41, 5.74) is 3.56. The summed E-state index contributed by atoms with van der Waals surface area (Å²) in [5.74, 6) is 0.593. The van der Waals surface area contributed by atoms with Crippen LogP contribution in [0.1, 0.15) is 28.9 Å². The minimum Gasteiger partial charge on any atom is -0.338 e. The fourth-order valence-corrected chi connectivity index (χ4v) is 4.69. The number of imidazole rings is 1. The Kier molecular flexibility index (Phi) is 5.26. The van der Waals surface area contributed by atoms with Gasteiger partial charge in [-0.3, -0.25) is 9.59 Å². The van der Waals surface area contributed by atoms with Crippen LogP contribution in [0.25, 0.3) is 22.4 Å². The van der Waals surface area contributed by atoms with Gasteiger partial charge in [-0.1, -0.05) is 18.2 Å². The molecule has 0 radical (unpaired) electrons. The molecule has 1 atom stereocenters. The molecule has 2 aromatic carbocycles. The Morgan fingerprint density at radius 3 is 2.65 bits per heavy atom. The Labute approximate surface area is 183 Å². The highest BCUT2D eigenvalue weighted by Gasteiger charge is 2.33. The van der Waals surface area contributed by atoms with E-state index in [1.807, 2.05) is 66.0 Å². The van der Waals surface area contributed by atoms with Crippen molar-refractivity contribution in [3.05, 3.63) is 70.9 Å². The Hall–Kier alpha value is -3.45. The molecule has 7 heteroatoms. The van der Waals surface area contributed by atoms with E-state index < -0.39 is 6.04 Å². The maximum absolute atomic E-state index is 13.0. The molecule has 1 saturated heterocycles. The number of nitrogens with zero attached hydrogens (tertiary/aromatic N) is 2. The van der Waals surface area contributed by atoms with Crippen molar-refractivity contribution in [2.75, 3.05) is 11.9 Å². The van der Waals surface area contributed by atoms with Gasteiger partial charge >= 0.3 is 0 Å². The smallest absolute Gasteiger partial charge is 0.264 e.